The molecule has 2 amide bonds. The molecule has 2 heterocycles. The summed E-state index contributed by atoms with van der Waals surface area (Å²) in [6.07, 6.45) is 14.1. The number of aliphatic hydroxyl groups excluding tert-OH is 1. The largest absolute Gasteiger partial charge is 0.393 e. The maximum Gasteiger partial charge on any atom is 0.315 e. The van der Waals surface area contributed by atoms with E-state index in [4.69, 9.17) is 4.52 Å². The Labute approximate surface area is 238 Å². The average molecular weight is 553 g/mol. The molecule has 0 radical (unpaired) electrons. The number of allylic oxidation sites excluding steroid dienone is 1. The van der Waals surface area contributed by atoms with Crippen LogP contribution in [0.15, 0.2) is 16.2 Å². The second kappa shape index (κ2) is 10.6. The SMILES string of the molecule is Cc1noc(C(=O)N[C@H]2CCN(C(=O)CCC(C)[C@H]3CC[C@H]4[C@@H]5CC=C6C[C@@H](O)CC[C@]6(C)[C@H]5CC[C@]34C)C2)n1. The molecule has 2 N–H and O–H groups in total. The zero-order chi connectivity index (χ0) is 28.2. The summed E-state index contributed by atoms with van der Waals surface area (Å²) >= 11 is 0. The Morgan fingerprint density at radius 1 is 1.18 bits per heavy atom. The van der Waals surface area contributed by atoms with Crippen molar-refractivity contribution in [1.29, 1.82) is 0 Å². The van der Waals surface area contributed by atoms with Crippen molar-refractivity contribution in [2.45, 2.75) is 110 Å². The van der Waals surface area contributed by atoms with Crippen LogP contribution in [0.4, 0.5) is 0 Å². The summed E-state index contributed by atoms with van der Waals surface area (Å²) in [6, 6.07) is -0.0786. The van der Waals surface area contributed by atoms with Gasteiger partial charge in [0.05, 0.1) is 6.10 Å². The molecule has 0 aromatic carbocycles. The number of carbonyl (C=O) groups excluding carboxylic acids is 2. The lowest BCUT2D eigenvalue weighted by Crippen LogP contribution is -2.50. The molecule has 0 spiro atoms. The summed E-state index contributed by atoms with van der Waals surface area (Å²) in [5.74, 6) is 3.78. The fourth-order valence-electron chi connectivity index (χ4n) is 10.1. The number of hydrogen-bond donors (Lipinski definition) is 2. The fraction of sp³-hybridized carbons (Fsp3) is 0.812. The van der Waals surface area contributed by atoms with Gasteiger partial charge in [-0.05, 0) is 112 Å². The highest BCUT2D eigenvalue weighted by Gasteiger charge is 2.59. The number of fused-ring (bicyclic) bond motifs is 5. The lowest BCUT2D eigenvalue weighted by Gasteiger charge is -2.58. The average Bonchev–Trinajstić information content (AvgIpc) is 3.66. The third-order valence-electron chi connectivity index (χ3n) is 12.2. The molecule has 1 aromatic rings. The number of aliphatic hydroxyl groups is 1. The van der Waals surface area contributed by atoms with E-state index in [2.05, 4.69) is 42.3 Å². The van der Waals surface area contributed by atoms with Crippen LogP contribution in [0.1, 0.15) is 108 Å². The fourth-order valence-corrected chi connectivity index (χ4v) is 10.1. The minimum absolute atomic E-state index is 0.0233. The first-order valence-corrected chi connectivity index (χ1v) is 15.8. The van der Waals surface area contributed by atoms with Crippen LogP contribution in [0.25, 0.3) is 0 Å². The van der Waals surface area contributed by atoms with Gasteiger partial charge in [0, 0.05) is 25.6 Å². The maximum absolute atomic E-state index is 13.2. The van der Waals surface area contributed by atoms with E-state index in [1.807, 2.05) is 4.90 Å². The monoisotopic (exact) mass is 552 g/mol. The van der Waals surface area contributed by atoms with Crippen molar-refractivity contribution in [2.24, 2.45) is 40.4 Å². The second-order valence-corrected chi connectivity index (χ2v) is 14.3. The Balaban J connectivity index is 1.02. The Bertz CT molecular complexity index is 1160. The van der Waals surface area contributed by atoms with Gasteiger partial charge in [-0.3, -0.25) is 9.59 Å². The standard InChI is InChI=1S/C32H48N4O4/c1-19(5-10-28(38)36-16-13-22(18-36)34-29(39)30-33-20(2)35-40-30)25-8-9-26-24-7-6-21-17-23(37)11-14-31(21,3)27(24)12-15-32(25,26)4/h6,19,22-27,37H,5,7-18H2,1-4H3,(H,34,39)/t19?,22-,23-,24-,25+,26-,27-,31-,32+/m0/s1. The summed E-state index contributed by atoms with van der Waals surface area (Å²) in [5.41, 5.74) is 2.21. The van der Waals surface area contributed by atoms with Gasteiger partial charge in [-0.1, -0.05) is 37.6 Å². The summed E-state index contributed by atoms with van der Waals surface area (Å²) in [6.45, 7) is 10.4. The topological polar surface area (TPSA) is 109 Å². The number of likely N-dealkylation sites (tertiary alicyclic amines) is 1. The highest BCUT2D eigenvalue weighted by molar-refractivity contribution is 5.89. The summed E-state index contributed by atoms with van der Waals surface area (Å²) < 4.78 is 4.97. The first-order chi connectivity index (χ1) is 19.1. The van der Waals surface area contributed by atoms with Gasteiger partial charge in [-0.25, -0.2) is 0 Å². The molecule has 4 fully saturated rings. The molecule has 0 bridgehead atoms. The van der Waals surface area contributed by atoms with Crippen molar-refractivity contribution in [3.8, 4) is 0 Å². The van der Waals surface area contributed by atoms with Crippen LogP contribution in [0, 0.1) is 47.3 Å². The third-order valence-corrected chi connectivity index (χ3v) is 12.2. The molecular formula is C32H48N4O4. The zero-order valence-corrected chi connectivity index (χ0v) is 24.8. The number of nitrogens with one attached hydrogen (secondary N) is 1. The highest BCUT2D eigenvalue weighted by Crippen LogP contribution is 2.67. The molecule has 220 valence electrons. The van der Waals surface area contributed by atoms with Gasteiger partial charge in [-0.2, -0.15) is 4.98 Å². The third kappa shape index (κ3) is 4.82. The Morgan fingerprint density at radius 3 is 2.77 bits per heavy atom. The molecule has 5 aliphatic rings. The summed E-state index contributed by atoms with van der Waals surface area (Å²) in [4.78, 5) is 31.4. The normalized spacial score (nSPS) is 39.6. The van der Waals surface area contributed by atoms with Crippen LogP contribution >= 0.6 is 0 Å². The quantitative estimate of drug-likeness (QED) is 0.478. The van der Waals surface area contributed by atoms with Crippen molar-refractivity contribution < 1.29 is 19.2 Å². The number of nitrogens with zero attached hydrogens (tertiary/aromatic N) is 3. The van der Waals surface area contributed by atoms with Gasteiger partial charge < -0.3 is 19.8 Å². The molecule has 8 nitrogen and oxygen atoms in total. The minimum atomic E-state index is -0.368. The van der Waals surface area contributed by atoms with Crippen LogP contribution in [0.2, 0.25) is 0 Å². The van der Waals surface area contributed by atoms with E-state index >= 15 is 0 Å². The van der Waals surface area contributed by atoms with Crippen molar-refractivity contribution in [3.63, 3.8) is 0 Å². The second-order valence-electron chi connectivity index (χ2n) is 14.3. The van der Waals surface area contributed by atoms with Crippen LogP contribution in [-0.2, 0) is 4.79 Å². The molecule has 1 aromatic heterocycles. The number of rotatable bonds is 6. The number of hydrogen-bond acceptors (Lipinski definition) is 6. The van der Waals surface area contributed by atoms with Crippen LogP contribution in [0.3, 0.4) is 0 Å². The Morgan fingerprint density at radius 2 is 2.00 bits per heavy atom. The van der Waals surface area contributed by atoms with Crippen molar-refractivity contribution in [3.05, 3.63) is 23.4 Å². The molecule has 1 unspecified atom stereocenters. The molecule has 3 saturated carbocycles. The Kier molecular flexibility index (Phi) is 7.37. The van der Waals surface area contributed by atoms with E-state index in [1.54, 1.807) is 12.5 Å². The smallest absolute Gasteiger partial charge is 0.315 e. The van der Waals surface area contributed by atoms with Gasteiger partial charge in [-0.15, -0.1) is 0 Å². The van der Waals surface area contributed by atoms with Crippen LogP contribution < -0.4 is 5.32 Å². The lowest BCUT2D eigenvalue weighted by atomic mass is 9.47. The minimum Gasteiger partial charge on any atom is -0.393 e. The molecule has 4 aliphatic carbocycles. The first-order valence-electron chi connectivity index (χ1n) is 15.8. The van der Waals surface area contributed by atoms with Gasteiger partial charge in [0.15, 0.2) is 5.82 Å². The van der Waals surface area contributed by atoms with E-state index in [0.29, 0.717) is 42.6 Å². The summed E-state index contributed by atoms with van der Waals surface area (Å²) in [5, 5.41) is 16.9. The number of carbonyl (C=O) groups is 2. The van der Waals surface area contributed by atoms with Crippen LogP contribution in [0.5, 0.6) is 0 Å². The van der Waals surface area contributed by atoms with E-state index in [-0.39, 0.29) is 35.3 Å². The molecule has 9 atom stereocenters. The zero-order valence-electron chi connectivity index (χ0n) is 24.8. The maximum atomic E-state index is 13.2. The van der Waals surface area contributed by atoms with E-state index in [0.717, 1.165) is 49.9 Å². The lowest BCUT2D eigenvalue weighted by molar-refractivity contribution is -0.130. The predicted molar refractivity (Wildman–Crippen MR) is 151 cm³/mol. The van der Waals surface area contributed by atoms with E-state index in [9.17, 15) is 14.7 Å². The van der Waals surface area contributed by atoms with E-state index < -0.39 is 0 Å². The number of aromatic nitrogens is 2. The molecule has 1 saturated heterocycles. The van der Waals surface area contributed by atoms with Crippen LogP contribution in [-0.4, -0.2) is 57.2 Å². The molecule has 8 heteroatoms. The predicted octanol–water partition coefficient (Wildman–Crippen LogP) is 5.06. The number of amides is 2. The summed E-state index contributed by atoms with van der Waals surface area (Å²) in [7, 11) is 0. The van der Waals surface area contributed by atoms with Gasteiger partial charge in [0.1, 0.15) is 0 Å². The van der Waals surface area contributed by atoms with Gasteiger partial charge in [0.2, 0.25) is 5.91 Å². The first kappa shape index (κ1) is 27.9. The molecule has 6 rings (SSSR count). The molecule has 1 aliphatic heterocycles. The van der Waals surface area contributed by atoms with Crippen molar-refractivity contribution in [2.75, 3.05) is 13.1 Å². The van der Waals surface area contributed by atoms with Crippen molar-refractivity contribution >= 4 is 11.8 Å². The Hall–Kier alpha value is -2.22. The number of aryl methyl sites for hydroxylation is 1. The molecular weight excluding hydrogens is 504 g/mol. The highest BCUT2D eigenvalue weighted by atomic mass is 16.5. The van der Waals surface area contributed by atoms with E-state index in [1.165, 1.54) is 32.1 Å². The molecule has 40 heavy (non-hydrogen) atoms. The van der Waals surface area contributed by atoms with Crippen molar-refractivity contribution in [1.82, 2.24) is 20.4 Å². The van der Waals surface area contributed by atoms with Gasteiger partial charge in [0.25, 0.3) is 0 Å². The van der Waals surface area contributed by atoms with Gasteiger partial charge >= 0.3 is 11.8 Å².